The first-order valence-electron chi connectivity index (χ1n) is 9.69. The van der Waals surface area contributed by atoms with Gasteiger partial charge in [0.1, 0.15) is 11.3 Å². The van der Waals surface area contributed by atoms with Crippen molar-refractivity contribution in [1.29, 1.82) is 0 Å². The van der Waals surface area contributed by atoms with E-state index in [1.165, 1.54) is 11.1 Å². The molecule has 0 spiro atoms. The molecule has 0 atom stereocenters. The van der Waals surface area contributed by atoms with Crippen molar-refractivity contribution in [2.45, 2.75) is 58.7 Å². The lowest BCUT2D eigenvalue weighted by atomic mass is 9.95. The standard InChI is InChI=1S/C23H29NO3/c1-5-26-22(25)23(13-18-10-6-7-11-19(18)14-23)24-15-20-12-8-9-17(4)21(20)27-16(2)3/h6-12,16,24H,5,13-15H2,1-4H3. The molecule has 0 aromatic heterocycles. The summed E-state index contributed by atoms with van der Waals surface area (Å²) in [5, 5.41) is 3.53. The Bertz CT molecular complexity index is 788. The Labute approximate surface area is 161 Å². The summed E-state index contributed by atoms with van der Waals surface area (Å²) in [6.07, 6.45) is 1.39. The molecule has 0 amide bonds. The maximum absolute atomic E-state index is 12.9. The van der Waals surface area contributed by atoms with Crippen LogP contribution in [0.3, 0.4) is 0 Å². The number of carbonyl (C=O) groups is 1. The quantitative estimate of drug-likeness (QED) is 0.752. The lowest BCUT2D eigenvalue weighted by molar-refractivity contribution is -0.151. The first kappa shape index (κ1) is 19.4. The number of carbonyl (C=O) groups excluding carboxylic acids is 1. The van der Waals surface area contributed by atoms with Crippen LogP contribution in [0.1, 0.15) is 43.0 Å². The molecular weight excluding hydrogens is 338 g/mol. The summed E-state index contributed by atoms with van der Waals surface area (Å²) in [5.41, 5.74) is 3.85. The number of hydrogen-bond donors (Lipinski definition) is 1. The monoisotopic (exact) mass is 367 g/mol. The van der Waals surface area contributed by atoms with Crippen molar-refractivity contribution in [2.24, 2.45) is 0 Å². The van der Waals surface area contributed by atoms with E-state index in [2.05, 4.69) is 23.5 Å². The zero-order valence-electron chi connectivity index (χ0n) is 16.7. The van der Waals surface area contributed by atoms with Gasteiger partial charge in [-0.25, -0.2) is 0 Å². The molecule has 0 unspecified atom stereocenters. The third kappa shape index (κ3) is 4.16. The van der Waals surface area contributed by atoms with Crippen LogP contribution in [0.25, 0.3) is 0 Å². The minimum absolute atomic E-state index is 0.0969. The van der Waals surface area contributed by atoms with Gasteiger partial charge in [0, 0.05) is 24.9 Å². The second-order valence-corrected chi connectivity index (χ2v) is 7.51. The molecule has 0 fully saturated rings. The normalized spacial score (nSPS) is 14.9. The molecule has 0 saturated heterocycles. The van der Waals surface area contributed by atoms with Crippen LogP contribution < -0.4 is 10.1 Å². The average Bonchev–Trinajstić information content (AvgIpc) is 3.02. The summed E-state index contributed by atoms with van der Waals surface area (Å²) in [6.45, 7) is 8.88. The maximum Gasteiger partial charge on any atom is 0.327 e. The highest BCUT2D eigenvalue weighted by Gasteiger charge is 2.44. The summed E-state index contributed by atoms with van der Waals surface area (Å²) in [7, 11) is 0. The Balaban J connectivity index is 1.85. The third-order valence-corrected chi connectivity index (χ3v) is 5.03. The number of aryl methyl sites for hydroxylation is 1. The minimum atomic E-state index is -0.724. The molecule has 0 heterocycles. The molecule has 0 saturated carbocycles. The summed E-state index contributed by atoms with van der Waals surface area (Å²) < 4.78 is 11.5. The third-order valence-electron chi connectivity index (χ3n) is 5.03. The smallest absolute Gasteiger partial charge is 0.327 e. The molecule has 3 rings (SSSR count). The van der Waals surface area contributed by atoms with E-state index in [9.17, 15) is 4.79 Å². The number of nitrogens with one attached hydrogen (secondary N) is 1. The maximum atomic E-state index is 12.9. The van der Waals surface area contributed by atoms with Crippen LogP contribution in [0, 0.1) is 6.92 Å². The molecule has 2 aromatic rings. The molecule has 1 aliphatic rings. The highest BCUT2D eigenvalue weighted by Crippen LogP contribution is 2.32. The van der Waals surface area contributed by atoms with E-state index in [0.29, 0.717) is 26.0 Å². The first-order chi connectivity index (χ1) is 12.9. The van der Waals surface area contributed by atoms with Crippen molar-refractivity contribution in [2.75, 3.05) is 6.61 Å². The van der Waals surface area contributed by atoms with Crippen molar-refractivity contribution >= 4 is 5.97 Å². The lowest BCUT2D eigenvalue weighted by Gasteiger charge is -2.29. The Morgan fingerprint density at radius 2 is 1.78 bits per heavy atom. The summed E-state index contributed by atoms with van der Waals surface area (Å²) in [5.74, 6) is 0.717. The molecule has 4 heteroatoms. The van der Waals surface area contributed by atoms with Gasteiger partial charge in [-0.15, -0.1) is 0 Å². The van der Waals surface area contributed by atoms with E-state index in [4.69, 9.17) is 9.47 Å². The number of ether oxygens (including phenoxy) is 2. The van der Waals surface area contributed by atoms with Gasteiger partial charge < -0.3 is 9.47 Å². The fourth-order valence-electron chi connectivity index (χ4n) is 3.75. The predicted molar refractivity (Wildman–Crippen MR) is 107 cm³/mol. The second-order valence-electron chi connectivity index (χ2n) is 7.51. The van der Waals surface area contributed by atoms with Crippen LogP contribution in [0.4, 0.5) is 0 Å². The van der Waals surface area contributed by atoms with Gasteiger partial charge in [0.05, 0.1) is 12.7 Å². The van der Waals surface area contributed by atoms with E-state index in [-0.39, 0.29) is 12.1 Å². The number of para-hydroxylation sites is 1. The van der Waals surface area contributed by atoms with E-state index in [1.54, 1.807) is 0 Å². The highest BCUT2D eigenvalue weighted by atomic mass is 16.5. The van der Waals surface area contributed by atoms with E-state index < -0.39 is 5.54 Å². The van der Waals surface area contributed by atoms with Gasteiger partial charge in [0.25, 0.3) is 0 Å². The number of rotatable bonds is 7. The Kier molecular flexibility index (Phi) is 5.85. The molecular formula is C23H29NO3. The Hall–Kier alpha value is -2.33. The van der Waals surface area contributed by atoms with Gasteiger partial charge in [0.2, 0.25) is 0 Å². The zero-order chi connectivity index (χ0) is 19.4. The van der Waals surface area contributed by atoms with Crippen LogP contribution in [-0.2, 0) is 28.9 Å². The van der Waals surface area contributed by atoms with Crippen LogP contribution in [0.15, 0.2) is 42.5 Å². The molecule has 4 nitrogen and oxygen atoms in total. The van der Waals surface area contributed by atoms with Crippen molar-refractivity contribution in [3.8, 4) is 5.75 Å². The number of hydrogen-bond acceptors (Lipinski definition) is 4. The van der Waals surface area contributed by atoms with Crippen LogP contribution >= 0.6 is 0 Å². The number of fused-ring (bicyclic) bond motifs is 1. The number of esters is 1. The van der Waals surface area contributed by atoms with Crippen LogP contribution in [0.5, 0.6) is 5.75 Å². The Morgan fingerprint density at radius 3 is 2.37 bits per heavy atom. The molecule has 1 aliphatic carbocycles. The van der Waals surface area contributed by atoms with Gasteiger partial charge >= 0.3 is 5.97 Å². The summed E-state index contributed by atoms with van der Waals surface area (Å²) >= 11 is 0. The fraction of sp³-hybridized carbons (Fsp3) is 0.435. The average molecular weight is 367 g/mol. The zero-order valence-corrected chi connectivity index (χ0v) is 16.7. The topological polar surface area (TPSA) is 47.6 Å². The SMILES string of the molecule is CCOC(=O)C1(NCc2cccc(C)c2OC(C)C)Cc2ccccc2C1. The molecule has 2 aromatic carbocycles. The van der Waals surface area contributed by atoms with Crippen molar-refractivity contribution < 1.29 is 14.3 Å². The molecule has 0 bridgehead atoms. The van der Waals surface area contributed by atoms with Gasteiger partial charge in [-0.3, -0.25) is 10.1 Å². The number of benzene rings is 2. The predicted octanol–water partition coefficient (Wildman–Crippen LogP) is 3.97. The molecule has 0 aliphatic heterocycles. The van der Waals surface area contributed by atoms with Gasteiger partial charge in [-0.05, 0) is 44.4 Å². The molecule has 0 radical (unpaired) electrons. The lowest BCUT2D eigenvalue weighted by Crippen LogP contribution is -2.53. The minimum Gasteiger partial charge on any atom is -0.490 e. The molecule has 144 valence electrons. The second kappa shape index (κ2) is 8.13. The fourth-order valence-corrected chi connectivity index (χ4v) is 3.75. The van der Waals surface area contributed by atoms with Crippen LogP contribution in [-0.4, -0.2) is 24.2 Å². The molecule has 1 N–H and O–H groups in total. The Morgan fingerprint density at radius 1 is 1.11 bits per heavy atom. The van der Waals surface area contributed by atoms with Gasteiger partial charge in [-0.1, -0.05) is 42.5 Å². The van der Waals surface area contributed by atoms with Gasteiger partial charge in [0.15, 0.2) is 0 Å². The van der Waals surface area contributed by atoms with Crippen LogP contribution in [0.2, 0.25) is 0 Å². The van der Waals surface area contributed by atoms with Gasteiger partial charge in [-0.2, -0.15) is 0 Å². The molecule has 27 heavy (non-hydrogen) atoms. The first-order valence-corrected chi connectivity index (χ1v) is 9.69. The largest absolute Gasteiger partial charge is 0.490 e. The van der Waals surface area contributed by atoms with E-state index in [0.717, 1.165) is 16.9 Å². The van der Waals surface area contributed by atoms with Crippen molar-refractivity contribution in [3.05, 3.63) is 64.7 Å². The summed E-state index contributed by atoms with van der Waals surface area (Å²) in [4.78, 5) is 12.9. The van der Waals surface area contributed by atoms with E-state index in [1.807, 2.05) is 52.0 Å². The summed E-state index contributed by atoms with van der Waals surface area (Å²) in [6, 6.07) is 14.4. The van der Waals surface area contributed by atoms with Crippen molar-refractivity contribution in [3.63, 3.8) is 0 Å². The van der Waals surface area contributed by atoms with Crippen molar-refractivity contribution in [1.82, 2.24) is 5.32 Å². The highest BCUT2D eigenvalue weighted by molar-refractivity contribution is 5.83. The van der Waals surface area contributed by atoms with E-state index >= 15 is 0 Å².